The summed E-state index contributed by atoms with van der Waals surface area (Å²) >= 11 is 0. The fourth-order valence-corrected chi connectivity index (χ4v) is 6.09. The van der Waals surface area contributed by atoms with E-state index in [4.69, 9.17) is 4.74 Å². The van der Waals surface area contributed by atoms with Crippen molar-refractivity contribution in [1.29, 1.82) is 0 Å². The predicted octanol–water partition coefficient (Wildman–Crippen LogP) is 3.10. The molecule has 9 heteroatoms. The van der Waals surface area contributed by atoms with E-state index in [-0.39, 0.29) is 18.4 Å². The van der Waals surface area contributed by atoms with Crippen LogP contribution in [0.4, 0.5) is 4.79 Å². The first kappa shape index (κ1) is 22.3. The number of hydrogen-bond donors (Lipinski definition) is 2. The number of nitrogens with zero attached hydrogens (tertiary/aromatic N) is 3. The second kappa shape index (κ2) is 8.38. The van der Waals surface area contributed by atoms with Gasteiger partial charge >= 0.3 is 12.1 Å². The summed E-state index contributed by atoms with van der Waals surface area (Å²) in [4.78, 5) is 47.6. The van der Waals surface area contributed by atoms with Gasteiger partial charge in [0.25, 0.3) is 0 Å². The third-order valence-corrected chi connectivity index (χ3v) is 8.04. The van der Waals surface area contributed by atoms with Crippen LogP contribution in [0.15, 0.2) is 36.9 Å². The van der Waals surface area contributed by atoms with E-state index in [9.17, 15) is 19.5 Å². The van der Waals surface area contributed by atoms with Gasteiger partial charge in [0.05, 0.1) is 12.5 Å². The van der Waals surface area contributed by atoms with Crippen LogP contribution in [0, 0.1) is 5.41 Å². The van der Waals surface area contributed by atoms with E-state index >= 15 is 0 Å². The summed E-state index contributed by atoms with van der Waals surface area (Å²) in [5.74, 6) is -0.472. The van der Waals surface area contributed by atoms with Crippen LogP contribution in [0.5, 0.6) is 0 Å². The lowest BCUT2D eigenvalue weighted by Gasteiger charge is -2.52. The molecule has 2 bridgehead atoms. The van der Waals surface area contributed by atoms with Gasteiger partial charge in [-0.1, -0.05) is 18.2 Å². The molecule has 0 saturated heterocycles. The Labute approximate surface area is 197 Å². The molecule has 2 heterocycles. The molecule has 2 N–H and O–H groups in total. The molecular formula is C25H28N4O5. The highest BCUT2D eigenvalue weighted by molar-refractivity contribution is 5.89. The van der Waals surface area contributed by atoms with Crippen molar-refractivity contribution in [2.24, 2.45) is 5.41 Å². The molecule has 2 aromatic rings. The molecule has 1 aromatic heterocycles. The average molecular weight is 465 g/mol. The lowest BCUT2D eigenvalue weighted by molar-refractivity contribution is -0.161. The molecule has 1 aliphatic heterocycles. The minimum absolute atomic E-state index is 0.164. The van der Waals surface area contributed by atoms with Crippen LogP contribution >= 0.6 is 0 Å². The minimum atomic E-state index is -1.12. The fourth-order valence-electron chi connectivity index (χ4n) is 6.09. The molecular weight excluding hydrogens is 436 g/mol. The van der Waals surface area contributed by atoms with Gasteiger partial charge in [0, 0.05) is 30.0 Å². The van der Waals surface area contributed by atoms with Gasteiger partial charge in [-0.3, -0.25) is 14.5 Å². The van der Waals surface area contributed by atoms with Gasteiger partial charge in [-0.05, 0) is 61.6 Å². The smallest absolute Gasteiger partial charge is 0.408 e. The van der Waals surface area contributed by atoms with Crippen molar-refractivity contribution in [1.82, 2.24) is 20.2 Å². The highest BCUT2D eigenvalue weighted by Gasteiger charge is 2.54. The maximum absolute atomic E-state index is 13.7. The zero-order valence-electron chi connectivity index (χ0n) is 19.1. The normalized spacial score (nSPS) is 27.6. The third kappa shape index (κ3) is 3.59. The molecule has 0 spiro atoms. The molecule has 1 aromatic carbocycles. The number of carbonyl (C=O) groups is 3. The minimum Gasteiger partial charge on any atom is -0.469 e. The van der Waals surface area contributed by atoms with Crippen LogP contribution in [0.1, 0.15) is 55.7 Å². The summed E-state index contributed by atoms with van der Waals surface area (Å²) in [5.41, 5.74) is 2.53. The Kier molecular flexibility index (Phi) is 5.50. The summed E-state index contributed by atoms with van der Waals surface area (Å²) in [6.07, 6.45) is 8.34. The van der Waals surface area contributed by atoms with Crippen molar-refractivity contribution in [3.8, 4) is 11.1 Å². The molecule has 9 nitrogen and oxygen atoms in total. The highest BCUT2D eigenvalue weighted by Crippen LogP contribution is 2.53. The van der Waals surface area contributed by atoms with Gasteiger partial charge in [0.15, 0.2) is 0 Å². The Morgan fingerprint density at radius 3 is 2.38 bits per heavy atom. The van der Waals surface area contributed by atoms with Gasteiger partial charge in [0.1, 0.15) is 12.4 Å². The Bertz CT molecular complexity index is 1110. The SMILES string of the molecule is COC(=O)C12CCC(NC(=O)C3c4cccc(-c5cncnc5)c4CCN3C(=O)O)(CC1)CC2. The molecule has 3 saturated carbocycles. The fraction of sp³-hybridized carbons (Fsp3) is 0.480. The molecule has 6 rings (SSSR count). The number of aromatic nitrogens is 2. The molecule has 34 heavy (non-hydrogen) atoms. The van der Waals surface area contributed by atoms with E-state index in [0.29, 0.717) is 50.5 Å². The van der Waals surface area contributed by atoms with Crippen LogP contribution < -0.4 is 5.32 Å². The molecule has 4 aliphatic rings. The number of carboxylic acid groups (broad SMARTS) is 1. The van der Waals surface area contributed by atoms with Gasteiger partial charge in [0.2, 0.25) is 5.91 Å². The number of amides is 2. The largest absolute Gasteiger partial charge is 0.469 e. The zero-order valence-corrected chi connectivity index (χ0v) is 19.1. The molecule has 1 atom stereocenters. The number of nitrogens with one attached hydrogen (secondary N) is 1. The number of hydrogen-bond acceptors (Lipinski definition) is 6. The van der Waals surface area contributed by atoms with E-state index in [1.807, 2.05) is 18.2 Å². The summed E-state index contributed by atoms with van der Waals surface area (Å²) in [6, 6.07) is 4.70. The molecule has 3 fully saturated rings. The van der Waals surface area contributed by atoms with Crippen molar-refractivity contribution in [3.05, 3.63) is 48.0 Å². The van der Waals surface area contributed by atoms with Crippen LogP contribution in [0.25, 0.3) is 11.1 Å². The van der Waals surface area contributed by atoms with Crippen molar-refractivity contribution in [2.75, 3.05) is 13.7 Å². The summed E-state index contributed by atoms with van der Waals surface area (Å²) in [7, 11) is 1.42. The number of fused-ring (bicyclic) bond motifs is 4. The zero-order chi connectivity index (χ0) is 23.9. The van der Waals surface area contributed by atoms with Crippen LogP contribution in [-0.4, -0.2) is 57.1 Å². The molecule has 1 unspecified atom stereocenters. The molecule has 0 radical (unpaired) electrons. The topological polar surface area (TPSA) is 122 Å². The number of rotatable bonds is 4. The Balaban J connectivity index is 1.45. The van der Waals surface area contributed by atoms with Gasteiger partial charge in [-0.2, -0.15) is 0 Å². The van der Waals surface area contributed by atoms with E-state index in [2.05, 4.69) is 15.3 Å². The monoisotopic (exact) mass is 464 g/mol. The summed E-state index contributed by atoms with van der Waals surface area (Å²) < 4.78 is 5.04. The molecule has 178 valence electrons. The Hall–Kier alpha value is -3.49. The van der Waals surface area contributed by atoms with Gasteiger partial charge in [-0.15, -0.1) is 0 Å². The average Bonchev–Trinajstić information content (AvgIpc) is 2.88. The van der Waals surface area contributed by atoms with E-state index < -0.39 is 23.1 Å². The second-order valence-electron chi connectivity index (χ2n) is 9.67. The van der Waals surface area contributed by atoms with Gasteiger partial charge in [-0.25, -0.2) is 14.8 Å². The van der Waals surface area contributed by atoms with Crippen molar-refractivity contribution in [3.63, 3.8) is 0 Å². The van der Waals surface area contributed by atoms with Crippen molar-refractivity contribution >= 4 is 18.0 Å². The Morgan fingerprint density at radius 1 is 1.09 bits per heavy atom. The maximum Gasteiger partial charge on any atom is 0.408 e. The summed E-state index contributed by atoms with van der Waals surface area (Å²) in [5, 5.41) is 13.1. The van der Waals surface area contributed by atoms with Crippen LogP contribution in [0.2, 0.25) is 0 Å². The van der Waals surface area contributed by atoms with Crippen LogP contribution in [-0.2, 0) is 20.7 Å². The molecule has 3 aliphatic carbocycles. The third-order valence-electron chi connectivity index (χ3n) is 8.04. The number of methoxy groups -OCH3 is 1. The van der Waals surface area contributed by atoms with Gasteiger partial charge < -0.3 is 15.2 Å². The predicted molar refractivity (Wildman–Crippen MR) is 122 cm³/mol. The van der Waals surface area contributed by atoms with E-state index in [1.54, 1.807) is 12.4 Å². The molecule has 2 amide bonds. The maximum atomic E-state index is 13.7. The van der Waals surface area contributed by atoms with Crippen molar-refractivity contribution < 1.29 is 24.2 Å². The van der Waals surface area contributed by atoms with Crippen LogP contribution in [0.3, 0.4) is 0 Å². The summed E-state index contributed by atoms with van der Waals surface area (Å²) in [6.45, 7) is 0.226. The lowest BCUT2D eigenvalue weighted by atomic mass is 9.57. The first-order valence-electron chi connectivity index (χ1n) is 11.7. The number of esters is 1. The lowest BCUT2D eigenvalue weighted by Crippen LogP contribution is -2.60. The second-order valence-corrected chi connectivity index (χ2v) is 9.67. The standard InChI is InChI=1S/C25H28N4O5/c1-34-22(31)24-6-9-25(10-7-24,11-8-24)28-21(30)20-19-4-2-3-17(16-13-26-15-27-14-16)18(19)5-12-29(20)23(32)33/h2-4,13-15,20H,5-12H2,1H3,(H,28,30)(H,32,33). The van der Waals surface area contributed by atoms with E-state index in [1.165, 1.54) is 18.3 Å². The quantitative estimate of drug-likeness (QED) is 0.667. The number of carbonyl (C=O) groups excluding carboxylic acids is 2. The number of ether oxygens (including phenoxy) is 1. The number of benzene rings is 1. The van der Waals surface area contributed by atoms with Crippen molar-refractivity contribution in [2.45, 2.75) is 56.5 Å². The first-order chi connectivity index (χ1) is 16.4. The first-order valence-corrected chi connectivity index (χ1v) is 11.7. The highest BCUT2D eigenvalue weighted by atomic mass is 16.5. The van der Waals surface area contributed by atoms with E-state index in [0.717, 1.165) is 16.7 Å². The Morgan fingerprint density at radius 2 is 1.76 bits per heavy atom.